The van der Waals surface area contributed by atoms with Gasteiger partial charge in [-0.05, 0) is 6.92 Å². The fourth-order valence-electron chi connectivity index (χ4n) is 7.82. The zero-order chi connectivity index (χ0) is 55.3. The van der Waals surface area contributed by atoms with Crippen LogP contribution in [0.25, 0.3) is 0 Å². The Labute approximate surface area is 419 Å². The first-order valence-electron chi connectivity index (χ1n) is 20.6. The first-order valence-corrected chi connectivity index (χ1v) is 26.7. The summed E-state index contributed by atoms with van der Waals surface area (Å²) in [5.74, 6) is -5.31. The van der Waals surface area contributed by atoms with Crippen LogP contribution in [0.15, 0.2) is 0 Å². The van der Waals surface area contributed by atoms with E-state index < -0.39 is 201 Å². The molecule has 12 N–H and O–H groups in total. The summed E-state index contributed by atoms with van der Waals surface area (Å²) < 4.78 is 196. The molecule has 0 aromatic rings. The van der Waals surface area contributed by atoms with Crippen LogP contribution in [0.1, 0.15) is 20.8 Å². The van der Waals surface area contributed by atoms with Gasteiger partial charge in [0.15, 0.2) is 43.3 Å². The van der Waals surface area contributed by atoms with E-state index in [1.807, 2.05) is 0 Å². The molecular formula is C32H53N3O33S5. The van der Waals surface area contributed by atoms with Crippen LogP contribution in [0.2, 0.25) is 0 Å². The van der Waals surface area contributed by atoms with E-state index in [4.69, 9.17) is 46.6 Å². The zero-order valence-corrected chi connectivity index (χ0v) is 41.9. The number of ether oxygens (including phenoxy) is 8. The molecule has 0 aromatic heterocycles. The van der Waals surface area contributed by atoms with Crippen molar-refractivity contribution in [3.63, 3.8) is 0 Å². The van der Waals surface area contributed by atoms with Crippen molar-refractivity contribution in [2.75, 3.05) is 32.6 Å². The van der Waals surface area contributed by atoms with Gasteiger partial charge in [-0.3, -0.25) is 32.6 Å². The SMILES string of the molecule is COC1C(C(=O)O)OC(OC2C(O)C(COS(=O)(=O)O)OC(OC3C(C(=O)NCCS)OC(OC4C(O)C(COS(=O)(=O)O)OC(C)C4NC(C)=O)C(OS(=O)(=O)O)C3O)C2NC(C)=O)C(OS(=O)(=O)O)C1O. The van der Waals surface area contributed by atoms with Crippen LogP contribution in [-0.4, -0.2) is 256 Å². The minimum atomic E-state index is -5.81. The lowest BCUT2D eigenvalue weighted by Crippen LogP contribution is -2.71. The van der Waals surface area contributed by atoms with Crippen LogP contribution in [0.5, 0.6) is 0 Å². The highest BCUT2D eigenvalue weighted by atomic mass is 32.3. The molecule has 0 radical (unpaired) electrons. The second-order valence-electron chi connectivity index (χ2n) is 15.9. The fraction of sp³-hybridized carbons (Fsp3) is 0.875. The lowest BCUT2D eigenvalue weighted by atomic mass is 9.92. The summed E-state index contributed by atoms with van der Waals surface area (Å²) in [6.45, 7) is 0.0905. The molecule has 0 aliphatic carbocycles. The molecule has 4 saturated heterocycles. The number of hydrogen-bond donors (Lipinski definition) is 13. The van der Waals surface area contributed by atoms with Gasteiger partial charge < -0.3 is 79.4 Å². The van der Waals surface area contributed by atoms with Gasteiger partial charge >= 0.3 is 47.6 Å². The lowest BCUT2D eigenvalue weighted by Gasteiger charge is -2.50. The van der Waals surface area contributed by atoms with E-state index in [1.54, 1.807) is 0 Å². The third-order valence-electron chi connectivity index (χ3n) is 10.7. The predicted molar refractivity (Wildman–Crippen MR) is 227 cm³/mol. The van der Waals surface area contributed by atoms with Crippen LogP contribution >= 0.6 is 12.6 Å². The van der Waals surface area contributed by atoms with E-state index in [0.29, 0.717) is 0 Å². The van der Waals surface area contributed by atoms with Crippen LogP contribution in [0, 0.1) is 0 Å². The number of thiol groups is 1. The van der Waals surface area contributed by atoms with Gasteiger partial charge in [-0.25, -0.2) is 21.5 Å². The van der Waals surface area contributed by atoms with Crippen molar-refractivity contribution in [1.29, 1.82) is 0 Å². The molecule has 424 valence electrons. The molecule has 0 saturated carbocycles. The summed E-state index contributed by atoms with van der Waals surface area (Å²) in [5, 5.41) is 62.7. The summed E-state index contributed by atoms with van der Waals surface area (Å²) in [6, 6.07) is -3.76. The second kappa shape index (κ2) is 25.6. The van der Waals surface area contributed by atoms with E-state index in [2.05, 4.69) is 41.1 Å². The molecule has 3 amide bonds. The van der Waals surface area contributed by atoms with Crippen molar-refractivity contribution in [1.82, 2.24) is 16.0 Å². The third kappa shape index (κ3) is 17.6. The van der Waals surface area contributed by atoms with Crippen molar-refractivity contribution < 1.29 is 151 Å². The van der Waals surface area contributed by atoms with Crippen molar-refractivity contribution >= 4 is 77.9 Å². The monoisotopic (exact) mass is 1170 g/mol. The number of carbonyl (C=O) groups is 4. The molecule has 20 unspecified atom stereocenters. The molecule has 4 rings (SSSR count). The topological polar surface area (TPSA) is 534 Å². The molecule has 4 aliphatic rings. The molecule has 4 heterocycles. The molecule has 36 nitrogen and oxygen atoms in total. The average Bonchev–Trinajstić information content (AvgIpc) is 3.24. The summed E-state index contributed by atoms with van der Waals surface area (Å²) >= 11 is 3.99. The third-order valence-corrected chi connectivity index (χ3v) is 12.7. The van der Waals surface area contributed by atoms with Crippen LogP contribution in [0.3, 0.4) is 0 Å². The van der Waals surface area contributed by atoms with Crippen molar-refractivity contribution in [2.24, 2.45) is 0 Å². The van der Waals surface area contributed by atoms with Gasteiger partial charge in [-0.1, -0.05) is 0 Å². The van der Waals surface area contributed by atoms with E-state index in [1.165, 1.54) is 6.92 Å². The molecule has 0 spiro atoms. The van der Waals surface area contributed by atoms with Gasteiger partial charge in [0, 0.05) is 33.3 Å². The number of nitrogens with one attached hydrogen (secondary N) is 3. The largest absolute Gasteiger partial charge is 0.479 e. The Kier molecular flexibility index (Phi) is 22.0. The minimum absolute atomic E-state index is 0.116. The van der Waals surface area contributed by atoms with E-state index >= 15 is 0 Å². The average molecular weight is 1170 g/mol. The Hall–Kier alpha value is -2.77. The summed E-state index contributed by atoms with van der Waals surface area (Å²) in [4.78, 5) is 51.3. The number of carboxylic acid groups (broad SMARTS) is 1. The van der Waals surface area contributed by atoms with Gasteiger partial charge in [-0.2, -0.15) is 46.3 Å². The Morgan fingerprint density at radius 2 is 0.986 bits per heavy atom. The van der Waals surface area contributed by atoms with Crippen molar-refractivity contribution in [2.45, 2.75) is 143 Å². The highest BCUT2D eigenvalue weighted by molar-refractivity contribution is 7.81. The van der Waals surface area contributed by atoms with E-state index in [9.17, 15) is 92.0 Å². The number of carboxylic acids is 1. The minimum Gasteiger partial charge on any atom is -0.479 e. The molecule has 0 bridgehead atoms. The first kappa shape index (κ1) is 62.8. The molecule has 4 aliphatic heterocycles. The van der Waals surface area contributed by atoms with Gasteiger partial charge in [0.2, 0.25) is 11.8 Å². The van der Waals surface area contributed by atoms with Crippen LogP contribution in [-0.2, 0) is 115 Å². The van der Waals surface area contributed by atoms with Gasteiger partial charge in [0.1, 0.15) is 67.1 Å². The normalized spacial score (nSPS) is 37.7. The Morgan fingerprint density at radius 3 is 1.41 bits per heavy atom. The lowest BCUT2D eigenvalue weighted by molar-refractivity contribution is -0.362. The highest BCUT2D eigenvalue weighted by Crippen LogP contribution is 2.37. The summed E-state index contributed by atoms with van der Waals surface area (Å²) in [5.41, 5.74) is 0. The highest BCUT2D eigenvalue weighted by Gasteiger charge is 2.59. The number of aliphatic carboxylic acids is 1. The molecular weight excluding hydrogens is 1110 g/mol. The van der Waals surface area contributed by atoms with Crippen LogP contribution in [0.4, 0.5) is 0 Å². The quantitative estimate of drug-likeness (QED) is 0.0334. The van der Waals surface area contributed by atoms with E-state index in [0.717, 1.165) is 21.0 Å². The van der Waals surface area contributed by atoms with E-state index in [-0.39, 0.29) is 12.3 Å². The molecule has 20 atom stereocenters. The van der Waals surface area contributed by atoms with Crippen molar-refractivity contribution in [3.8, 4) is 0 Å². The number of amides is 3. The zero-order valence-electron chi connectivity index (χ0n) is 37.8. The number of hydrogen-bond acceptors (Lipinski definition) is 29. The Balaban J connectivity index is 1.88. The maximum atomic E-state index is 14.0. The Morgan fingerprint density at radius 1 is 0.562 bits per heavy atom. The second-order valence-corrected chi connectivity index (χ2v) is 20.7. The number of rotatable bonds is 23. The van der Waals surface area contributed by atoms with Crippen LogP contribution < -0.4 is 16.0 Å². The maximum absolute atomic E-state index is 14.0. The van der Waals surface area contributed by atoms with Gasteiger partial charge in [-0.15, -0.1) is 0 Å². The number of carbonyl (C=O) groups excluding carboxylic acids is 3. The first-order chi connectivity index (χ1) is 33.6. The predicted octanol–water partition coefficient (Wildman–Crippen LogP) is -8.28. The molecule has 73 heavy (non-hydrogen) atoms. The Bertz CT molecular complexity index is 2380. The van der Waals surface area contributed by atoms with Crippen molar-refractivity contribution in [3.05, 3.63) is 0 Å². The standard InChI is InChI=1S/C32H53N3O33S5/c1-9-14(34-10(2)36)20(16(38)12(60-9)7-58-70(45,46)47)62-31-25(68-73(54,55)56)19(41)23(26(65-31)28(42)33-5-6-69)64-30-15(35-11(3)37)21(17(39)13(61-30)8-59-71(48,49)50)63-32-24(67-72(51,52)53)18(40)22(57-4)27(66-32)29(43)44/h9,12-27,30-32,38-41,69H,5-8H2,1-4H3,(H,33,42)(H,34,36)(H,35,37)(H,43,44)(H,45,46,47)(H,48,49,50)(H,51,52,53)(H,54,55,56). The maximum Gasteiger partial charge on any atom is 0.397 e. The number of aliphatic hydroxyl groups excluding tert-OH is 4. The molecule has 0 aromatic carbocycles. The smallest absolute Gasteiger partial charge is 0.397 e. The molecule has 41 heteroatoms. The summed E-state index contributed by atoms with van der Waals surface area (Å²) in [7, 11) is -21.3. The molecule has 4 fully saturated rings. The van der Waals surface area contributed by atoms with Gasteiger partial charge in [0.05, 0.1) is 25.4 Å². The van der Waals surface area contributed by atoms with Gasteiger partial charge in [0.25, 0.3) is 5.91 Å². The summed E-state index contributed by atoms with van der Waals surface area (Å²) in [6.07, 6.45) is -41.7. The fourth-order valence-corrected chi connectivity index (χ4v) is 9.52. The number of methoxy groups -OCH3 is 1. The number of aliphatic hydroxyl groups is 4.